The Kier molecular flexibility index (Phi) is 12.3. The number of amides is 3. The molecule has 1 aromatic heterocycles. The Hall–Kier alpha value is -5.16. The van der Waals surface area contributed by atoms with Gasteiger partial charge in [0.25, 0.3) is 11.8 Å². The Morgan fingerprint density at radius 2 is 1.64 bits per heavy atom. The Morgan fingerprint density at radius 3 is 2.32 bits per heavy atom. The molecule has 0 aliphatic carbocycles. The monoisotopic (exact) mass is 678 g/mol. The second kappa shape index (κ2) is 17.0. The zero-order valence-electron chi connectivity index (χ0n) is 29.1. The van der Waals surface area contributed by atoms with Crippen molar-refractivity contribution in [3.05, 3.63) is 111 Å². The number of aliphatic hydroxyl groups excluding tert-OH is 1. The molecule has 0 radical (unpaired) electrons. The minimum Gasteiger partial charge on any atom is -0.373 e. The van der Waals surface area contributed by atoms with Gasteiger partial charge in [-0.2, -0.15) is 5.10 Å². The predicted molar refractivity (Wildman–Crippen MR) is 194 cm³/mol. The maximum atomic E-state index is 14.3. The van der Waals surface area contributed by atoms with Crippen LogP contribution >= 0.6 is 0 Å². The SMILES string of the molecule is CCCCN(CCCC)C(=O)c1cc(C)n(-c2ccc(NC(=O)CCCc3ccc(N=O)cc3)cc2C(=O)N2Cc3ccccc3C[C@H]2O)n1. The van der Waals surface area contributed by atoms with Crippen molar-refractivity contribution in [1.29, 1.82) is 0 Å². The molecule has 1 aliphatic heterocycles. The molecule has 0 saturated carbocycles. The number of nitrogens with zero attached hydrogens (tertiary/aromatic N) is 5. The molecule has 1 atom stereocenters. The van der Waals surface area contributed by atoms with E-state index in [-0.39, 0.29) is 30.3 Å². The van der Waals surface area contributed by atoms with Crippen molar-refractivity contribution in [2.45, 2.75) is 84.9 Å². The number of aryl methyl sites for hydroxylation is 2. The zero-order valence-corrected chi connectivity index (χ0v) is 29.1. The summed E-state index contributed by atoms with van der Waals surface area (Å²) in [5.74, 6) is -0.775. The first kappa shape index (κ1) is 36.1. The van der Waals surface area contributed by atoms with Crippen LogP contribution in [-0.4, -0.2) is 61.7 Å². The molecule has 5 rings (SSSR count). The highest BCUT2D eigenvalue weighted by Crippen LogP contribution is 2.28. The average Bonchev–Trinajstić information content (AvgIpc) is 3.52. The molecule has 0 fully saturated rings. The number of unbranched alkanes of at least 4 members (excludes halogenated alkanes) is 2. The molecule has 0 saturated heterocycles. The molecule has 3 aromatic carbocycles. The summed E-state index contributed by atoms with van der Waals surface area (Å²) in [6.07, 6.45) is 4.47. The van der Waals surface area contributed by atoms with Crippen molar-refractivity contribution in [3.8, 4) is 5.69 Å². The molecule has 11 heteroatoms. The van der Waals surface area contributed by atoms with E-state index < -0.39 is 12.1 Å². The van der Waals surface area contributed by atoms with E-state index in [4.69, 9.17) is 5.10 Å². The van der Waals surface area contributed by atoms with Gasteiger partial charge in [0.1, 0.15) is 11.9 Å². The number of carbonyl (C=O) groups excluding carboxylic acids is 3. The molecule has 3 amide bonds. The van der Waals surface area contributed by atoms with Gasteiger partial charge in [0.15, 0.2) is 5.69 Å². The van der Waals surface area contributed by atoms with E-state index in [0.29, 0.717) is 60.8 Å². The molecule has 50 heavy (non-hydrogen) atoms. The Balaban J connectivity index is 1.42. The van der Waals surface area contributed by atoms with Crippen molar-refractivity contribution >= 4 is 29.1 Å². The summed E-state index contributed by atoms with van der Waals surface area (Å²) >= 11 is 0. The maximum Gasteiger partial charge on any atom is 0.274 e. The lowest BCUT2D eigenvalue weighted by Crippen LogP contribution is -2.44. The number of fused-ring (bicyclic) bond motifs is 1. The van der Waals surface area contributed by atoms with Crippen LogP contribution in [0.1, 0.15) is 95.6 Å². The van der Waals surface area contributed by atoms with Gasteiger partial charge in [0.05, 0.1) is 11.3 Å². The summed E-state index contributed by atoms with van der Waals surface area (Å²) < 4.78 is 1.60. The first-order valence-corrected chi connectivity index (χ1v) is 17.5. The van der Waals surface area contributed by atoms with Gasteiger partial charge in [0, 0.05) is 43.9 Å². The number of nitroso groups, excluding NO2 is 1. The average molecular weight is 679 g/mol. The minimum absolute atomic E-state index is 0.148. The second-order valence-corrected chi connectivity index (χ2v) is 12.9. The van der Waals surface area contributed by atoms with Gasteiger partial charge in [-0.05, 0) is 90.9 Å². The van der Waals surface area contributed by atoms with Crippen LogP contribution in [0, 0.1) is 11.8 Å². The molecule has 0 bridgehead atoms. The van der Waals surface area contributed by atoms with E-state index in [0.717, 1.165) is 42.4 Å². The summed E-state index contributed by atoms with van der Waals surface area (Å²) in [5.41, 5.74) is 5.38. The van der Waals surface area contributed by atoms with E-state index in [1.165, 1.54) is 4.90 Å². The topological polar surface area (TPSA) is 137 Å². The first-order valence-electron chi connectivity index (χ1n) is 17.5. The predicted octanol–water partition coefficient (Wildman–Crippen LogP) is 7.10. The van der Waals surface area contributed by atoms with Gasteiger partial charge in [-0.1, -0.05) is 63.1 Å². The van der Waals surface area contributed by atoms with Gasteiger partial charge in [0.2, 0.25) is 5.91 Å². The number of rotatable bonds is 15. The summed E-state index contributed by atoms with van der Waals surface area (Å²) in [5, 5.41) is 21.7. The Morgan fingerprint density at radius 1 is 0.940 bits per heavy atom. The molecular weight excluding hydrogens is 632 g/mol. The third-order valence-corrected chi connectivity index (χ3v) is 9.09. The molecule has 1 aliphatic rings. The fraction of sp³-hybridized carbons (Fsp3) is 0.385. The molecular formula is C39H46N6O5. The summed E-state index contributed by atoms with van der Waals surface area (Å²) in [6.45, 7) is 7.55. The summed E-state index contributed by atoms with van der Waals surface area (Å²) in [7, 11) is 0. The lowest BCUT2D eigenvalue weighted by Gasteiger charge is -2.34. The normalized spacial score (nSPS) is 13.8. The molecule has 2 N–H and O–H groups in total. The molecule has 11 nitrogen and oxygen atoms in total. The zero-order chi connectivity index (χ0) is 35.6. The molecule has 4 aromatic rings. The van der Waals surface area contributed by atoms with Crippen LogP contribution in [-0.2, 0) is 24.2 Å². The molecule has 262 valence electrons. The van der Waals surface area contributed by atoms with Crippen molar-refractivity contribution in [1.82, 2.24) is 19.6 Å². The number of hydrogen-bond donors (Lipinski definition) is 2. The van der Waals surface area contributed by atoms with E-state index in [1.807, 2.05) is 48.2 Å². The minimum atomic E-state index is -1.04. The largest absolute Gasteiger partial charge is 0.373 e. The lowest BCUT2D eigenvalue weighted by molar-refractivity contribution is -0.116. The van der Waals surface area contributed by atoms with Crippen LogP contribution in [0.15, 0.2) is 78.0 Å². The van der Waals surface area contributed by atoms with Gasteiger partial charge in [-0.3, -0.25) is 14.4 Å². The molecule has 0 unspecified atom stereocenters. The number of aromatic nitrogens is 2. The highest BCUT2D eigenvalue weighted by molar-refractivity contribution is 6.00. The van der Waals surface area contributed by atoms with Gasteiger partial charge >= 0.3 is 0 Å². The summed E-state index contributed by atoms with van der Waals surface area (Å²) in [6, 6.07) is 21.5. The number of hydrogen-bond acceptors (Lipinski definition) is 7. The van der Waals surface area contributed by atoms with E-state index in [9.17, 15) is 24.4 Å². The number of aliphatic hydroxyl groups is 1. The molecule has 2 heterocycles. The van der Waals surface area contributed by atoms with Crippen molar-refractivity contribution in [3.63, 3.8) is 0 Å². The third kappa shape index (κ3) is 8.70. The standard InChI is InChI=1S/C39H46N6O5/c1-4-6-21-43(22-7-5-2)39(49)34-23-27(3)45(41-34)35-20-19-32(40-36(46)14-10-11-28-15-17-31(42-50)18-16-28)25-33(35)38(48)44-26-30-13-9-8-12-29(30)24-37(44)47/h8-9,12-13,15-20,23,25,37,47H,4-7,10-11,14,21-22,24,26H2,1-3H3,(H,40,46)/t37-/m1/s1. The van der Waals surface area contributed by atoms with E-state index in [1.54, 1.807) is 41.1 Å². The number of nitrogens with one attached hydrogen (secondary N) is 1. The summed E-state index contributed by atoms with van der Waals surface area (Å²) in [4.78, 5) is 55.0. The quantitative estimate of drug-likeness (QED) is 0.129. The van der Waals surface area contributed by atoms with E-state index in [2.05, 4.69) is 24.3 Å². The maximum absolute atomic E-state index is 14.3. The Bertz CT molecular complexity index is 1810. The van der Waals surface area contributed by atoms with Crippen LogP contribution in [0.25, 0.3) is 5.69 Å². The van der Waals surface area contributed by atoms with E-state index >= 15 is 0 Å². The third-order valence-electron chi connectivity index (χ3n) is 9.09. The highest BCUT2D eigenvalue weighted by Gasteiger charge is 2.31. The van der Waals surface area contributed by atoms with Gasteiger partial charge in [-0.15, -0.1) is 4.91 Å². The van der Waals surface area contributed by atoms with Crippen molar-refractivity contribution in [2.24, 2.45) is 5.18 Å². The number of benzene rings is 3. The second-order valence-electron chi connectivity index (χ2n) is 12.9. The fourth-order valence-electron chi connectivity index (χ4n) is 6.24. The van der Waals surface area contributed by atoms with Crippen molar-refractivity contribution in [2.75, 3.05) is 18.4 Å². The van der Waals surface area contributed by atoms with Crippen molar-refractivity contribution < 1.29 is 19.5 Å². The molecule has 0 spiro atoms. The Labute approximate surface area is 293 Å². The van der Waals surface area contributed by atoms with Gasteiger partial charge in [-0.25, -0.2) is 4.68 Å². The smallest absolute Gasteiger partial charge is 0.274 e. The van der Waals surface area contributed by atoms with Crippen LogP contribution < -0.4 is 5.32 Å². The van der Waals surface area contributed by atoms with Crippen LogP contribution in [0.5, 0.6) is 0 Å². The highest BCUT2D eigenvalue weighted by atomic mass is 16.3. The lowest BCUT2D eigenvalue weighted by atomic mass is 9.97. The van der Waals surface area contributed by atoms with Crippen LogP contribution in [0.2, 0.25) is 0 Å². The van der Waals surface area contributed by atoms with Crippen LogP contribution in [0.3, 0.4) is 0 Å². The number of anilines is 1. The van der Waals surface area contributed by atoms with Crippen LogP contribution in [0.4, 0.5) is 11.4 Å². The van der Waals surface area contributed by atoms with Gasteiger partial charge < -0.3 is 20.2 Å². The first-order chi connectivity index (χ1) is 24.2. The fourth-order valence-corrected chi connectivity index (χ4v) is 6.24. The number of carbonyl (C=O) groups is 3.